The van der Waals surface area contributed by atoms with Crippen molar-refractivity contribution in [2.24, 2.45) is 17.6 Å². The van der Waals surface area contributed by atoms with E-state index >= 15 is 0 Å². The van der Waals surface area contributed by atoms with E-state index in [1.54, 1.807) is 30.1 Å². The van der Waals surface area contributed by atoms with Crippen LogP contribution >= 0.6 is 0 Å². The molecule has 0 aromatic heterocycles. The van der Waals surface area contributed by atoms with E-state index in [9.17, 15) is 9.18 Å². The molecule has 1 aromatic carbocycles. The van der Waals surface area contributed by atoms with Gasteiger partial charge in [-0.25, -0.2) is 4.39 Å². The molecule has 0 saturated heterocycles. The van der Waals surface area contributed by atoms with Crippen molar-refractivity contribution in [2.75, 3.05) is 26.7 Å². The number of benzene rings is 1. The van der Waals surface area contributed by atoms with Gasteiger partial charge < -0.3 is 15.4 Å². The van der Waals surface area contributed by atoms with Gasteiger partial charge in [-0.15, -0.1) is 0 Å². The fraction of sp³-hybridized carbons (Fsp3) is 0.562. The lowest BCUT2D eigenvalue weighted by atomic mass is 9.96. The van der Waals surface area contributed by atoms with Crippen molar-refractivity contribution in [1.82, 2.24) is 4.90 Å². The second-order valence-corrected chi connectivity index (χ2v) is 5.60. The van der Waals surface area contributed by atoms with Crippen LogP contribution in [0.3, 0.4) is 0 Å². The van der Waals surface area contributed by atoms with E-state index < -0.39 is 5.82 Å². The second-order valence-electron chi connectivity index (χ2n) is 5.60. The van der Waals surface area contributed by atoms with E-state index in [0.29, 0.717) is 19.0 Å². The Morgan fingerprint density at radius 2 is 2.05 bits per heavy atom. The number of halogens is 1. The number of hydrogen-bond donors (Lipinski definition) is 1. The van der Waals surface area contributed by atoms with E-state index in [2.05, 4.69) is 13.8 Å². The SMILES string of the molecule is CC(C)CC(CN)C(=O)N(C)CCOc1ccccc1F. The Balaban J connectivity index is 2.44. The zero-order valence-electron chi connectivity index (χ0n) is 13.0. The van der Waals surface area contributed by atoms with Gasteiger partial charge in [0.25, 0.3) is 0 Å². The Morgan fingerprint density at radius 1 is 1.38 bits per heavy atom. The Hall–Kier alpha value is -1.62. The van der Waals surface area contributed by atoms with Crippen molar-refractivity contribution in [2.45, 2.75) is 20.3 Å². The van der Waals surface area contributed by atoms with Gasteiger partial charge in [0.15, 0.2) is 11.6 Å². The van der Waals surface area contributed by atoms with Crippen LogP contribution in [0, 0.1) is 17.7 Å². The first kappa shape index (κ1) is 17.4. The Bertz CT molecular complexity index is 452. The van der Waals surface area contributed by atoms with Crippen LogP contribution < -0.4 is 10.5 Å². The van der Waals surface area contributed by atoms with Crippen LogP contribution in [-0.4, -0.2) is 37.6 Å². The predicted molar refractivity (Wildman–Crippen MR) is 81.5 cm³/mol. The lowest BCUT2D eigenvalue weighted by Crippen LogP contribution is -2.39. The third kappa shape index (κ3) is 5.71. The molecule has 4 nitrogen and oxygen atoms in total. The fourth-order valence-corrected chi connectivity index (χ4v) is 2.14. The van der Waals surface area contributed by atoms with Crippen LogP contribution in [0.1, 0.15) is 20.3 Å². The molecule has 0 aliphatic carbocycles. The van der Waals surface area contributed by atoms with Gasteiger partial charge in [-0.05, 0) is 24.5 Å². The summed E-state index contributed by atoms with van der Waals surface area (Å²) >= 11 is 0. The molecule has 0 heterocycles. The minimum absolute atomic E-state index is 0.0170. The van der Waals surface area contributed by atoms with Gasteiger partial charge >= 0.3 is 0 Å². The number of nitrogens with zero attached hydrogens (tertiary/aromatic N) is 1. The van der Waals surface area contributed by atoms with Crippen molar-refractivity contribution < 1.29 is 13.9 Å². The highest BCUT2D eigenvalue weighted by Gasteiger charge is 2.21. The van der Waals surface area contributed by atoms with Crippen LogP contribution in [0.4, 0.5) is 4.39 Å². The first-order chi connectivity index (χ1) is 9.95. The van der Waals surface area contributed by atoms with Crippen molar-refractivity contribution in [3.63, 3.8) is 0 Å². The van der Waals surface area contributed by atoms with Crippen LogP contribution in [0.5, 0.6) is 5.75 Å². The van der Waals surface area contributed by atoms with Crippen molar-refractivity contribution in [3.8, 4) is 5.75 Å². The number of ether oxygens (including phenoxy) is 1. The van der Waals surface area contributed by atoms with Gasteiger partial charge in [-0.3, -0.25) is 4.79 Å². The normalized spacial score (nSPS) is 12.3. The molecule has 0 bridgehead atoms. The quantitative estimate of drug-likeness (QED) is 0.800. The third-order valence-corrected chi connectivity index (χ3v) is 3.29. The molecule has 0 spiro atoms. The minimum Gasteiger partial charge on any atom is -0.489 e. The lowest BCUT2D eigenvalue weighted by Gasteiger charge is -2.24. The number of likely N-dealkylation sites (N-methyl/N-ethyl adjacent to an activating group) is 1. The molecule has 0 aliphatic heterocycles. The molecule has 1 unspecified atom stereocenters. The van der Waals surface area contributed by atoms with Gasteiger partial charge in [0.05, 0.1) is 12.5 Å². The Labute approximate surface area is 126 Å². The average Bonchev–Trinajstić information content (AvgIpc) is 2.45. The monoisotopic (exact) mass is 296 g/mol. The van der Waals surface area contributed by atoms with Gasteiger partial charge in [0, 0.05) is 13.6 Å². The molecule has 21 heavy (non-hydrogen) atoms. The molecule has 0 fully saturated rings. The number of hydrogen-bond acceptors (Lipinski definition) is 3. The van der Waals surface area contributed by atoms with Gasteiger partial charge in [0.1, 0.15) is 6.61 Å². The summed E-state index contributed by atoms with van der Waals surface area (Å²) < 4.78 is 18.7. The summed E-state index contributed by atoms with van der Waals surface area (Å²) in [4.78, 5) is 13.8. The molecule has 0 saturated carbocycles. The highest BCUT2D eigenvalue weighted by Crippen LogP contribution is 2.16. The second kappa shape index (κ2) is 8.62. The zero-order valence-corrected chi connectivity index (χ0v) is 13.0. The minimum atomic E-state index is -0.397. The highest BCUT2D eigenvalue weighted by molar-refractivity contribution is 5.78. The first-order valence-electron chi connectivity index (χ1n) is 7.28. The smallest absolute Gasteiger partial charge is 0.226 e. The predicted octanol–water partition coefficient (Wildman–Crippen LogP) is 2.28. The summed E-state index contributed by atoms with van der Waals surface area (Å²) in [6, 6.07) is 6.23. The maximum Gasteiger partial charge on any atom is 0.226 e. The van der Waals surface area contributed by atoms with Crippen LogP contribution in [0.25, 0.3) is 0 Å². The standard InChI is InChI=1S/C16H25FN2O2/c1-12(2)10-13(11-18)16(20)19(3)8-9-21-15-7-5-4-6-14(15)17/h4-7,12-13H,8-11,18H2,1-3H3. The molecule has 118 valence electrons. The molecule has 1 aromatic rings. The summed E-state index contributed by atoms with van der Waals surface area (Å²) in [7, 11) is 1.72. The molecule has 1 rings (SSSR count). The van der Waals surface area contributed by atoms with Crippen LogP contribution in [0.15, 0.2) is 24.3 Å². The van der Waals surface area contributed by atoms with E-state index in [1.165, 1.54) is 6.07 Å². The summed E-state index contributed by atoms with van der Waals surface area (Å²) in [6.45, 7) is 5.13. The van der Waals surface area contributed by atoms with E-state index in [0.717, 1.165) is 6.42 Å². The fourth-order valence-electron chi connectivity index (χ4n) is 2.14. The molecule has 0 aliphatic rings. The van der Waals surface area contributed by atoms with Gasteiger partial charge in [0.2, 0.25) is 5.91 Å². The largest absolute Gasteiger partial charge is 0.489 e. The van der Waals surface area contributed by atoms with E-state index in [-0.39, 0.29) is 24.2 Å². The molecule has 1 amide bonds. The van der Waals surface area contributed by atoms with Crippen LogP contribution in [0.2, 0.25) is 0 Å². The number of para-hydroxylation sites is 1. The summed E-state index contributed by atoms with van der Waals surface area (Å²) in [5, 5.41) is 0. The zero-order chi connectivity index (χ0) is 15.8. The molecular formula is C16H25FN2O2. The Kier molecular flexibility index (Phi) is 7.15. The summed E-state index contributed by atoms with van der Waals surface area (Å²) in [5.74, 6) is 0.0828. The number of amides is 1. The summed E-state index contributed by atoms with van der Waals surface area (Å²) in [5.41, 5.74) is 5.67. The Morgan fingerprint density at radius 3 is 2.62 bits per heavy atom. The van der Waals surface area contributed by atoms with Crippen LogP contribution in [-0.2, 0) is 4.79 Å². The van der Waals surface area contributed by atoms with Gasteiger partial charge in [-0.2, -0.15) is 0 Å². The van der Waals surface area contributed by atoms with Crippen molar-refractivity contribution >= 4 is 5.91 Å². The number of carbonyl (C=O) groups is 1. The topological polar surface area (TPSA) is 55.6 Å². The van der Waals surface area contributed by atoms with E-state index in [4.69, 9.17) is 10.5 Å². The summed E-state index contributed by atoms with van der Waals surface area (Å²) in [6.07, 6.45) is 0.772. The first-order valence-corrected chi connectivity index (χ1v) is 7.28. The number of rotatable bonds is 8. The molecule has 5 heteroatoms. The molecular weight excluding hydrogens is 271 g/mol. The number of nitrogens with two attached hydrogens (primary N) is 1. The van der Waals surface area contributed by atoms with Crippen molar-refractivity contribution in [1.29, 1.82) is 0 Å². The molecule has 2 N–H and O–H groups in total. The maximum absolute atomic E-state index is 13.4. The average molecular weight is 296 g/mol. The number of carbonyl (C=O) groups excluding carboxylic acids is 1. The van der Waals surface area contributed by atoms with Crippen molar-refractivity contribution in [3.05, 3.63) is 30.1 Å². The molecule has 0 radical (unpaired) electrons. The van der Waals surface area contributed by atoms with Gasteiger partial charge in [-0.1, -0.05) is 26.0 Å². The highest BCUT2D eigenvalue weighted by atomic mass is 19.1. The molecule has 1 atom stereocenters. The lowest BCUT2D eigenvalue weighted by molar-refractivity contribution is -0.134. The third-order valence-electron chi connectivity index (χ3n) is 3.29. The maximum atomic E-state index is 13.4. The van der Waals surface area contributed by atoms with E-state index in [1.807, 2.05) is 0 Å².